The molecule has 4 rings (SSSR count). The minimum Gasteiger partial charge on any atom is -0.476 e. The lowest BCUT2D eigenvalue weighted by molar-refractivity contribution is 0.215. The number of ether oxygens (including phenoxy) is 1. The van der Waals surface area contributed by atoms with Crippen LogP contribution in [0.4, 0.5) is 5.82 Å². The van der Waals surface area contributed by atoms with Crippen LogP contribution in [0.25, 0.3) is 5.65 Å². The largest absolute Gasteiger partial charge is 0.476 e. The Bertz CT molecular complexity index is 952. The summed E-state index contributed by atoms with van der Waals surface area (Å²) in [5.41, 5.74) is 2.36. The molecule has 0 unspecified atom stereocenters. The Labute approximate surface area is 151 Å². The van der Waals surface area contributed by atoms with Gasteiger partial charge in [-0.25, -0.2) is 9.97 Å². The zero-order valence-electron chi connectivity index (χ0n) is 14.7. The van der Waals surface area contributed by atoms with E-state index in [1.807, 2.05) is 17.5 Å². The molecule has 0 saturated carbocycles. The molecule has 0 aromatic carbocycles. The van der Waals surface area contributed by atoms with Crippen LogP contribution >= 0.6 is 0 Å². The van der Waals surface area contributed by atoms with Crippen LogP contribution in [-0.2, 0) is 0 Å². The molecule has 132 valence electrons. The smallest absolute Gasteiger partial charge is 0.231 e. The molecule has 0 spiro atoms. The second-order valence-corrected chi connectivity index (χ2v) is 6.57. The molecule has 7 nitrogen and oxygen atoms in total. The van der Waals surface area contributed by atoms with Crippen LogP contribution in [0, 0.1) is 24.2 Å². The molecule has 0 amide bonds. The van der Waals surface area contributed by atoms with Crippen LogP contribution < -0.4 is 9.64 Å². The van der Waals surface area contributed by atoms with Crippen LogP contribution in [0.5, 0.6) is 5.88 Å². The van der Waals surface area contributed by atoms with Crippen LogP contribution in [0.15, 0.2) is 36.7 Å². The van der Waals surface area contributed by atoms with Gasteiger partial charge >= 0.3 is 0 Å². The van der Waals surface area contributed by atoms with E-state index in [0.29, 0.717) is 24.0 Å². The van der Waals surface area contributed by atoms with Crippen molar-refractivity contribution in [2.24, 2.45) is 5.92 Å². The van der Waals surface area contributed by atoms with Gasteiger partial charge < -0.3 is 9.64 Å². The molecule has 0 bridgehead atoms. The summed E-state index contributed by atoms with van der Waals surface area (Å²) in [7, 11) is 0. The number of aryl methyl sites for hydroxylation is 1. The number of anilines is 1. The van der Waals surface area contributed by atoms with E-state index in [9.17, 15) is 0 Å². The van der Waals surface area contributed by atoms with Crippen molar-refractivity contribution in [1.82, 2.24) is 19.6 Å². The standard InChI is InChI=1S/C19H20N6O/c1-14-11-18(25-17(23-14)4-8-22-25)24-9-5-15(6-10-24)13-26-19-16(12-20)3-2-7-21-19/h2-4,7-8,11,15H,5-6,9-10,13H2,1H3. The van der Waals surface area contributed by atoms with E-state index in [1.165, 1.54) is 0 Å². The fraction of sp³-hybridized carbons (Fsp3) is 0.368. The van der Waals surface area contributed by atoms with E-state index in [2.05, 4.69) is 32.1 Å². The molecule has 3 aromatic rings. The Hall–Kier alpha value is -3.14. The first-order chi connectivity index (χ1) is 12.7. The monoisotopic (exact) mass is 348 g/mol. The van der Waals surface area contributed by atoms with E-state index in [0.717, 1.165) is 43.1 Å². The molecule has 0 aliphatic carbocycles. The third-order valence-corrected chi connectivity index (χ3v) is 4.75. The predicted molar refractivity (Wildman–Crippen MR) is 97.1 cm³/mol. The van der Waals surface area contributed by atoms with Crippen LogP contribution in [0.2, 0.25) is 0 Å². The normalized spacial score (nSPS) is 15.2. The molecule has 1 saturated heterocycles. The lowest BCUT2D eigenvalue weighted by Gasteiger charge is -2.33. The number of hydrogen-bond acceptors (Lipinski definition) is 6. The summed E-state index contributed by atoms with van der Waals surface area (Å²) in [5, 5.41) is 13.5. The SMILES string of the molecule is Cc1cc(N2CCC(COc3ncccc3C#N)CC2)n2nccc2n1. The van der Waals surface area contributed by atoms with Crippen molar-refractivity contribution in [3.8, 4) is 11.9 Å². The highest BCUT2D eigenvalue weighted by Gasteiger charge is 2.22. The molecule has 26 heavy (non-hydrogen) atoms. The fourth-order valence-electron chi connectivity index (χ4n) is 3.36. The third-order valence-electron chi connectivity index (χ3n) is 4.75. The van der Waals surface area contributed by atoms with Gasteiger partial charge in [0.2, 0.25) is 5.88 Å². The van der Waals surface area contributed by atoms with Gasteiger partial charge in [-0.2, -0.15) is 14.9 Å². The Kier molecular flexibility index (Phi) is 4.40. The van der Waals surface area contributed by atoms with E-state index in [-0.39, 0.29) is 0 Å². The number of rotatable bonds is 4. The molecule has 0 atom stereocenters. The van der Waals surface area contributed by atoms with Crippen molar-refractivity contribution in [2.75, 3.05) is 24.6 Å². The predicted octanol–water partition coefficient (Wildman–Crippen LogP) is 2.60. The molecule has 7 heteroatoms. The van der Waals surface area contributed by atoms with Gasteiger partial charge in [0.15, 0.2) is 5.65 Å². The van der Waals surface area contributed by atoms with Crippen molar-refractivity contribution in [3.63, 3.8) is 0 Å². The molecule has 1 aliphatic rings. The second-order valence-electron chi connectivity index (χ2n) is 6.57. The van der Waals surface area contributed by atoms with Crippen molar-refractivity contribution in [3.05, 3.63) is 47.9 Å². The third kappa shape index (κ3) is 3.18. The first-order valence-corrected chi connectivity index (χ1v) is 8.79. The summed E-state index contributed by atoms with van der Waals surface area (Å²) in [4.78, 5) is 11.0. The highest BCUT2D eigenvalue weighted by Crippen LogP contribution is 2.25. The highest BCUT2D eigenvalue weighted by atomic mass is 16.5. The minimum atomic E-state index is 0.431. The van der Waals surface area contributed by atoms with E-state index < -0.39 is 0 Å². The molecule has 1 fully saturated rings. The van der Waals surface area contributed by atoms with E-state index in [1.54, 1.807) is 24.5 Å². The average Bonchev–Trinajstić information content (AvgIpc) is 3.14. The Morgan fingerprint density at radius 1 is 1.27 bits per heavy atom. The summed E-state index contributed by atoms with van der Waals surface area (Å²) < 4.78 is 7.71. The number of hydrogen-bond donors (Lipinski definition) is 0. The molecule has 3 aromatic heterocycles. The summed E-state index contributed by atoms with van der Waals surface area (Å²) in [6, 6.07) is 9.61. The van der Waals surface area contributed by atoms with Crippen molar-refractivity contribution in [1.29, 1.82) is 5.26 Å². The van der Waals surface area contributed by atoms with Crippen molar-refractivity contribution in [2.45, 2.75) is 19.8 Å². The van der Waals surface area contributed by atoms with Gasteiger partial charge in [0.1, 0.15) is 17.5 Å². The minimum absolute atomic E-state index is 0.431. The molecular weight excluding hydrogens is 328 g/mol. The topological polar surface area (TPSA) is 79.3 Å². The van der Waals surface area contributed by atoms with Gasteiger partial charge in [-0.1, -0.05) is 0 Å². The number of pyridine rings is 1. The quantitative estimate of drug-likeness (QED) is 0.721. The molecule has 1 aliphatic heterocycles. The lowest BCUT2D eigenvalue weighted by atomic mass is 9.98. The van der Waals surface area contributed by atoms with Crippen LogP contribution in [0.1, 0.15) is 24.1 Å². The van der Waals surface area contributed by atoms with Crippen molar-refractivity contribution < 1.29 is 4.74 Å². The molecule has 0 N–H and O–H groups in total. The van der Waals surface area contributed by atoms with Gasteiger partial charge in [-0.3, -0.25) is 0 Å². The molecule has 4 heterocycles. The maximum Gasteiger partial charge on any atom is 0.231 e. The van der Waals surface area contributed by atoms with Crippen LogP contribution in [0.3, 0.4) is 0 Å². The molecular formula is C19H20N6O. The zero-order valence-corrected chi connectivity index (χ0v) is 14.7. The maximum absolute atomic E-state index is 9.12. The molecule has 0 radical (unpaired) electrons. The van der Waals surface area contributed by atoms with Gasteiger partial charge in [-0.05, 0) is 37.8 Å². The van der Waals surface area contributed by atoms with Gasteiger partial charge in [0.05, 0.1) is 12.8 Å². The van der Waals surface area contributed by atoms with Gasteiger partial charge in [0.25, 0.3) is 0 Å². The van der Waals surface area contributed by atoms with E-state index in [4.69, 9.17) is 10.00 Å². The number of nitriles is 1. The second kappa shape index (κ2) is 7.00. The van der Waals surface area contributed by atoms with Crippen LogP contribution in [-0.4, -0.2) is 39.3 Å². The fourth-order valence-corrected chi connectivity index (χ4v) is 3.36. The summed E-state index contributed by atoms with van der Waals surface area (Å²) in [6.07, 6.45) is 5.49. The first kappa shape index (κ1) is 16.3. The maximum atomic E-state index is 9.12. The first-order valence-electron chi connectivity index (χ1n) is 8.79. The Morgan fingerprint density at radius 2 is 2.12 bits per heavy atom. The van der Waals surface area contributed by atoms with Crippen molar-refractivity contribution >= 4 is 11.5 Å². The number of piperidine rings is 1. The Balaban J connectivity index is 1.40. The summed E-state index contributed by atoms with van der Waals surface area (Å²) in [6.45, 7) is 4.49. The zero-order chi connectivity index (χ0) is 17.9. The number of aromatic nitrogens is 4. The summed E-state index contributed by atoms with van der Waals surface area (Å²) >= 11 is 0. The summed E-state index contributed by atoms with van der Waals surface area (Å²) in [5.74, 6) is 1.98. The van der Waals surface area contributed by atoms with Gasteiger partial charge in [0, 0.05) is 37.1 Å². The van der Waals surface area contributed by atoms with E-state index >= 15 is 0 Å². The Morgan fingerprint density at radius 3 is 2.92 bits per heavy atom. The number of nitrogens with zero attached hydrogens (tertiary/aromatic N) is 6. The highest BCUT2D eigenvalue weighted by molar-refractivity contribution is 5.50. The average molecular weight is 348 g/mol. The number of fused-ring (bicyclic) bond motifs is 1. The van der Waals surface area contributed by atoms with Gasteiger partial charge in [-0.15, -0.1) is 0 Å². The lowest BCUT2D eigenvalue weighted by Crippen LogP contribution is -2.36.